The third-order valence-electron chi connectivity index (χ3n) is 6.71. The van der Waals surface area contributed by atoms with Gasteiger partial charge in [0, 0.05) is 36.3 Å². The van der Waals surface area contributed by atoms with E-state index < -0.39 is 33.0 Å². The highest BCUT2D eigenvalue weighted by atomic mass is 32.2. The lowest BCUT2D eigenvalue weighted by molar-refractivity contribution is -0.385. The Morgan fingerprint density at radius 1 is 1.05 bits per heavy atom. The van der Waals surface area contributed by atoms with Gasteiger partial charge in [0.25, 0.3) is 11.2 Å². The van der Waals surface area contributed by atoms with Gasteiger partial charge in [-0.05, 0) is 36.2 Å². The third-order valence-corrected chi connectivity index (χ3v) is 7.81. The lowest BCUT2D eigenvalue weighted by Crippen LogP contribution is -2.40. The van der Waals surface area contributed by atoms with E-state index >= 15 is 0 Å². The number of hydrogen-bond donors (Lipinski definition) is 2. The van der Waals surface area contributed by atoms with Crippen LogP contribution in [0.3, 0.4) is 0 Å². The number of nitrogens with one attached hydrogen (secondary N) is 2. The first-order valence-electron chi connectivity index (χ1n) is 13.2. The van der Waals surface area contributed by atoms with Crippen LogP contribution in [0.2, 0.25) is 0 Å². The molecule has 0 fully saturated rings. The highest BCUT2D eigenvalue weighted by molar-refractivity contribution is 7.86. The summed E-state index contributed by atoms with van der Waals surface area (Å²) in [5.41, 5.74) is 0.752. The summed E-state index contributed by atoms with van der Waals surface area (Å²) in [6.45, 7) is 2.15. The Morgan fingerprint density at radius 2 is 1.81 bits per heavy atom. The second-order valence-corrected chi connectivity index (χ2v) is 10.9. The van der Waals surface area contributed by atoms with Crippen LogP contribution < -0.4 is 16.0 Å². The summed E-state index contributed by atoms with van der Waals surface area (Å²) in [5.74, 6) is -0.0302. The van der Waals surface area contributed by atoms with Crippen molar-refractivity contribution in [1.29, 1.82) is 0 Å². The molecule has 5 aromatic rings. The predicted molar refractivity (Wildman–Crippen MR) is 157 cm³/mol. The Hall–Kier alpha value is -4.91. The zero-order valence-corrected chi connectivity index (χ0v) is 23.4. The summed E-state index contributed by atoms with van der Waals surface area (Å²) in [7, 11) is -1.71. The fraction of sp³-hybridized carbons (Fsp3) is 0.207. The molecule has 0 aliphatic rings. The van der Waals surface area contributed by atoms with E-state index in [0.29, 0.717) is 30.9 Å². The maximum atomic E-state index is 14.3. The van der Waals surface area contributed by atoms with E-state index in [1.54, 1.807) is 36.4 Å². The first-order chi connectivity index (χ1) is 20.2. The zero-order valence-electron chi connectivity index (χ0n) is 22.6. The average molecular weight is 591 g/mol. The summed E-state index contributed by atoms with van der Waals surface area (Å²) in [5, 5.41) is 11.0. The molecular formula is C29H27FN6O5S. The first kappa shape index (κ1) is 28.6. The van der Waals surface area contributed by atoms with Gasteiger partial charge in [0.15, 0.2) is 16.6 Å². The summed E-state index contributed by atoms with van der Waals surface area (Å²) < 4.78 is 32.3. The Morgan fingerprint density at radius 3 is 2.52 bits per heavy atom. The molecule has 5 rings (SSSR count). The number of nitro groups is 1. The van der Waals surface area contributed by atoms with Crippen molar-refractivity contribution < 1.29 is 13.5 Å². The van der Waals surface area contributed by atoms with Crippen molar-refractivity contribution in [2.24, 2.45) is 0 Å². The fourth-order valence-corrected chi connectivity index (χ4v) is 5.41. The minimum Gasteiger partial charge on any atom is -0.336 e. The monoisotopic (exact) mass is 590 g/mol. The lowest BCUT2D eigenvalue weighted by atomic mass is 10.1. The average Bonchev–Trinajstić information content (AvgIpc) is 3.41. The number of hydrogen-bond acceptors (Lipinski definition) is 6. The molecule has 0 amide bonds. The van der Waals surface area contributed by atoms with Crippen LogP contribution in [-0.2, 0) is 30.5 Å². The van der Waals surface area contributed by atoms with Crippen LogP contribution >= 0.6 is 0 Å². The number of non-ortho nitro benzene ring substituents is 1. The molecule has 1 unspecified atom stereocenters. The maximum absolute atomic E-state index is 14.3. The second-order valence-electron chi connectivity index (χ2n) is 9.65. The van der Waals surface area contributed by atoms with E-state index in [2.05, 4.69) is 14.7 Å². The minimum atomic E-state index is -1.71. The molecule has 0 bridgehead atoms. The molecule has 0 spiro atoms. The van der Waals surface area contributed by atoms with Crippen LogP contribution in [0.1, 0.15) is 36.7 Å². The third kappa shape index (κ3) is 6.05. The topological polar surface area (TPSA) is 145 Å². The van der Waals surface area contributed by atoms with Crippen molar-refractivity contribution in [1.82, 2.24) is 19.1 Å². The van der Waals surface area contributed by atoms with E-state index in [4.69, 9.17) is 0 Å². The standard InChI is InChI=1S/C29H27FN6O5S/c1-2-3-15-34-27-26(28(37)35(29(34)38)18-20-7-4-5-10-24(20)30)31-25(32-27)16-19-11-13-21(14-12-19)33-42(41)23-9-6-8-22(17-23)36(39)40/h4-14,17,33H,2-3,15-16,18H2,1H3,(H,31,32). The predicted octanol–water partition coefficient (Wildman–Crippen LogP) is 4.51. The Balaban J connectivity index is 1.40. The number of aromatic amines is 1. The number of fused-ring (bicyclic) bond motifs is 1. The Kier molecular flexibility index (Phi) is 8.38. The highest BCUT2D eigenvalue weighted by Gasteiger charge is 2.19. The number of imidazole rings is 1. The van der Waals surface area contributed by atoms with Crippen molar-refractivity contribution in [3.8, 4) is 0 Å². The fourth-order valence-electron chi connectivity index (χ4n) is 4.51. The summed E-state index contributed by atoms with van der Waals surface area (Å²) in [6.07, 6.45) is 1.84. The summed E-state index contributed by atoms with van der Waals surface area (Å²) >= 11 is 0. The molecule has 0 radical (unpaired) electrons. The quantitative estimate of drug-likeness (QED) is 0.171. The van der Waals surface area contributed by atoms with Crippen LogP contribution in [0.4, 0.5) is 15.8 Å². The number of nitro benzene ring substituents is 1. The van der Waals surface area contributed by atoms with Gasteiger partial charge < -0.3 is 9.71 Å². The summed E-state index contributed by atoms with van der Waals surface area (Å²) in [6, 6.07) is 18.6. The molecule has 0 saturated heterocycles. The number of aromatic nitrogens is 4. The van der Waals surface area contributed by atoms with E-state index in [9.17, 15) is 28.3 Å². The Labute approximate surface area is 241 Å². The highest BCUT2D eigenvalue weighted by Crippen LogP contribution is 2.20. The number of unbranched alkanes of at least 4 members (excludes halogenated alkanes) is 1. The first-order valence-corrected chi connectivity index (χ1v) is 14.4. The minimum absolute atomic E-state index is 0.150. The second kappa shape index (κ2) is 12.3. The molecule has 2 N–H and O–H groups in total. The van der Waals surface area contributed by atoms with E-state index in [1.165, 1.54) is 41.0 Å². The molecule has 0 aliphatic carbocycles. The molecular weight excluding hydrogens is 563 g/mol. The van der Waals surface area contributed by atoms with Crippen LogP contribution in [0.25, 0.3) is 11.2 Å². The van der Waals surface area contributed by atoms with Gasteiger partial charge in [0.2, 0.25) is 0 Å². The van der Waals surface area contributed by atoms with Crippen LogP contribution in [0.5, 0.6) is 0 Å². The van der Waals surface area contributed by atoms with E-state index in [1.807, 2.05) is 6.92 Å². The van der Waals surface area contributed by atoms with Crippen molar-refractivity contribution >= 4 is 33.5 Å². The van der Waals surface area contributed by atoms with Crippen molar-refractivity contribution in [2.45, 2.75) is 44.2 Å². The molecule has 42 heavy (non-hydrogen) atoms. The molecule has 216 valence electrons. The number of aryl methyl sites for hydroxylation is 1. The van der Waals surface area contributed by atoms with Crippen molar-refractivity contribution in [3.63, 3.8) is 0 Å². The zero-order chi connectivity index (χ0) is 29.8. The lowest BCUT2D eigenvalue weighted by Gasteiger charge is -2.11. The van der Waals surface area contributed by atoms with Gasteiger partial charge in [-0.15, -0.1) is 0 Å². The van der Waals surface area contributed by atoms with Gasteiger partial charge in [-0.1, -0.05) is 49.7 Å². The van der Waals surface area contributed by atoms with E-state index in [-0.39, 0.29) is 33.9 Å². The number of halogens is 1. The molecule has 0 aliphatic heterocycles. The maximum Gasteiger partial charge on any atom is 0.333 e. The van der Waals surface area contributed by atoms with Gasteiger partial charge in [0.05, 0.1) is 16.4 Å². The smallest absolute Gasteiger partial charge is 0.333 e. The van der Waals surface area contributed by atoms with Gasteiger partial charge in [0.1, 0.15) is 17.2 Å². The number of H-pyrrole nitrogens is 1. The van der Waals surface area contributed by atoms with Gasteiger partial charge in [-0.3, -0.25) is 24.0 Å². The Bertz CT molecular complexity index is 1920. The normalized spacial score (nSPS) is 12.0. The molecule has 0 saturated carbocycles. The SMILES string of the molecule is CCCCn1c(=O)n(Cc2ccccc2F)c(=O)c2[nH]c(Cc3ccc(NS(=O)c4cccc([N+](=O)[O-])c4)cc3)nc21. The largest absolute Gasteiger partial charge is 0.336 e. The molecule has 2 heterocycles. The number of rotatable bonds is 11. The van der Waals surface area contributed by atoms with Crippen LogP contribution in [-0.4, -0.2) is 28.2 Å². The molecule has 13 heteroatoms. The van der Waals surface area contributed by atoms with Gasteiger partial charge in [-0.2, -0.15) is 0 Å². The van der Waals surface area contributed by atoms with Gasteiger partial charge >= 0.3 is 5.69 Å². The molecule has 1 atom stereocenters. The van der Waals surface area contributed by atoms with E-state index in [0.717, 1.165) is 16.6 Å². The van der Waals surface area contributed by atoms with Gasteiger partial charge in [-0.25, -0.2) is 18.4 Å². The molecule has 11 nitrogen and oxygen atoms in total. The number of anilines is 1. The number of benzene rings is 3. The van der Waals surface area contributed by atoms with Crippen molar-refractivity contribution in [3.05, 3.63) is 127 Å². The summed E-state index contributed by atoms with van der Waals surface area (Å²) in [4.78, 5) is 45.1. The van der Waals surface area contributed by atoms with Crippen LogP contribution in [0, 0.1) is 15.9 Å². The molecule has 2 aromatic heterocycles. The van der Waals surface area contributed by atoms with Crippen LogP contribution in [0.15, 0.2) is 87.3 Å². The number of nitrogens with zero attached hydrogens (tertiary/aromatic N) is 4. The van der Waals surface area contributed by atoms with Crippen molar-refractivity contribution in [2.75, 3.05) is 4.72 Å². The molecule has 3 aromatic carbocycles.